The summed E-state index contributed by atoms with van der Waals surface area (Å²) in [6.45, 7) is 1.55. The number of anilines is 1. The zero-order valence-electron chi connectivity index (χ0n) is 30.5. The van der Waals surface area contributed by atoms with E-state index >= 15 is 0 Å². The fraction of sp³-hybridized carbons (Fsp3) is 0.421. The molecule has 4 N–H and O–H groups in total. The quantitative estimate of drug-likeness (QED) is 0.233. The highest BCUT2D eigenvalue weighted by Gasteiger charge is 2.38. The van der Waals surface area contributed by atoms with E-state index in [1.54, 1.807) is 43.1 Å². The molecule has 2 aliphatic rings. The standard InChI is InChI=1S/C38H46N4O9S/c1-20(43)40-26-10-8-21-15-33(49-4)35(50-5)36(51-6)34(21)24-9-11-27(30(44)18-25(24)26)41-28(12-13-52-7)38(46)42-19-23-17-32(48-3)31(47-2)16-22(23)14-29(42)37(39)45/h9,11,15-18,26,28-29H,8,10,12-14,19H2,1-7H3,(H2,39,45)(H,40,43)(H,41,44)/t26-,28-,29-/m0/s1. The molecule has 0 spiro atoms. The van der Waals surface area contributed by atoms with Gasteiger partial charge in [0.2, 0.25) is 28.9 Å². The van der Waals surface area contributed by atoms with Crippen LogP contribution < -0.4 is 45.5 Å². The van der Waals surface area contributed by atoms with Crippen molar-refractivity contribution in [2.75, 3.05) is 52.9 Å². The zero-order chi connectivity index (χ0) is 37.7. The first-order chi connectivity index (χ1) is 25.0. The molecular weight excluding hydrogens is 689 g/mol. The highest BCUT2D eigenvalue weighted by atomic mass is 32.2. The van der Waals surface area contributed by atoms with Gasteiger partial charge < -0.3 is 45.0 Å². The number of carbonyl (C=O) groups is 3. The predicted molar refractivity (Wildman–Crippen MR) is 200 cm³/mol. The number of nitrogens with two attached hydrogens (primary N) is 1. The van der Waals surface area contributed by atoms with Gasteiger partial charge in [-0.15, -0.1) is 0 Å². The average Bonchev–Trinajstić information content (AvgIpc) is 3.38. The molecule has 0 unspecified atom stereocenters. The molecule has 0 saturated carbocycles. The van der Waals surface area contributed by atoms with Crippen LogP contribution in [0.2, 0.25) is 0 Å². The molecule has 3 aromatic carbocycles. The van der Waals surface area contributed by atoms with Crippen molar-refractivity contribution in [2.24, 2.45) is 5.73 Å². The summed E-state index contributed by atoms with van der Waals surface area (Å²) in [4.78, 5) is 55.3. The van der Waals surface area contributed by atoms with Crippen LogP contribution in [0.25, 0.3) is 11.1 Å². The Balaban J connectivity index is 1.60. The van der Waals surface area contributed by atoms with E-state index in [1.165, 1.54) is 46.3 Å². The number of hydrogen-bond acceptors (Lipinski definition) is 11. The van der Waals surface area contributed by atoms with Crippen molar-refractivity contribution < 1.29 is 38.1 Å². The normalized spacial score (nSPS) is 16.6. The maximum absolute atomic E-state index is 14.5. The molecule has 1 aliphatic carbocycles. The molecule has 5 rings (SSSR count). The van der Waals surface area contributed by atoms with Gasteiger partial charge in [0.1, 0.15) is 12.1 Å². The number of amides is 3. The number of thioether (sulfide) groups is 1. The van der Waals surface area contributed by atoms with Crippen LogP contribution in [0, 0.1) is 0 Å². The molecule has 0 saturated heterocycles. The molecule has 3 atom stereocenters. The van der Waals surface area contributed by atoms with Crippen molar-refractivity contribution in [3.63, 3.8) is 0 Å². The molecule has 0 aromatic heterocycles. The molecule has 1 aliphatic heterocycles. The van der Waals surface area contributed by atoms with E-state index in [4.69, 9.17) is 29.4 Å². The Bertz CT molecular complexity index is 1920. The summed E-state index contributed by atoms with van der Waals surface area (Å²) in [6, 6.07) is 8.15. The van der Waals surface area contributed by atoms with Crippen LogP contribution in [-0.4, -0.2) is 82.3 Å². The minimum Gasteiger partial charge on any atom is -0.493 e. The molecule has 0 bridgehead atoms. The number of primary amides is 1. The topological polar surface area (TPSA) is 168 Å². The van der Waals surface area contributed by atoms with E-state index in [0.29, 0.717) is 70.5 Å². The van der Waals surface area contributed by atoms with E-state index in [0.717, 1.165) is 16.7 Å². The number of benzene rings is 2. The van der Waals surface area contributed by atoms with Crippen molar-refractivity contribution in [3.8, 4) is 39.9 Å². The summed E-state index contributed by atoms with van der Waals surface area (Å²) in [7, 11) is 7.68. The maximum atomic E-state index is 14.5. The highest BCUT2D eigenvalue weighted by Crippen LogP contribution is 2.50. The molecule has 14 heteroatoms. The Morgan fingerprint density at radius 3 is 2.15 bits per heavy atom. The van der Waals surface area contributed by atoms with Gasteiger partial charge in [-0.3, -0.25) is 19.2 Å². The lowest BCUT2D eigenvalue weighted by molar-refractivity contribution is -0.141. The summed E-state index contributed by atoms with van der Waals surface area (Å²) < 4.78 is 28.2. The van der Waals surface area contributed by atoms with Gasteiger partial charge >= 0.3 is 0 Å². The van der Waals surface area contributed by atoms with Crippen LogP contribution in [0.3, 0.4) is 0 Å². The van der Waals surface area contributed by atoms with Gasteiger partial charge in [0.25, 0.3) is 0 Å². The number of ether oxygens (including phenoxy) is 5. The second-order valence-corrected chi connectivity index (χ2v) is 13.6. The van der Waals surface area contributed by atoms with E-state index in [-0.39, 0.29) is 35.9 Å². The number of nitrogens with one attached hydrogen (secondary N) is 2. The fourth-order valence-electron chi connectivity index (χ4n) is 7.11. The first-order valence-electron chi connectivity index (χ1n) is 16.9. The van der Waals surface area contributed by atoms with Crippen molar-refractivity contribution in [3.05, 3.63) is 68.9 Å². The first-order valence-corrected chi connectivity index (χ1v) is 18.3. The van der Waals surface area contributed by atoms with Gasteiger partial charge in [0.05, 0.1) is 47.3 Å². The third-order valence-electron chi connectivity index (χ3n) is 9.60. The molecule has 1 heterocycles. The SMILES string of the molecule is COc1cc2c(cc1OC)CN(C(=O)[C@H](CCSC)Nc1ccc3c(cc1=O)[C@@H](NC(C)=O)CCc1cc(OC)c(OC)c(OC)c1-3)[C@H](C(N)=O)C2. The lowest BCUT2D eigenvalue weighted by Gasteiger charge is -2.37. The molecule has 13 nitrogen and oxygen atoms in total. The van der Waals surface area contributed by atoms with Crippen LogP contribution in [0.5, 0.6) is 28.7 Å². The Hall–Kier alpha value is -5.11. The number of nitrogens with zero attached hydrogens (tertiary/aromatic N) is 1. The summed E-state index contributed by atoms with van der Waals surface area (Å²) in [6.07, 6.45) is 3.55. The molecule has 278 valence electrons. The number of aryl methyl sites for hydroxylation is 1. The number of methoxy groups -OCH3 is 5. The van der Waals surface area contributed by atoms with Crippen LogP contribution in [0.1, 0.15) is 48.1 Å². The first kappa shape index (κ1) is 38.1. The average molecular weight is 735 g/mol. The van der Waals surface area contributed by atoms with Crippen LogP contribution >= 0.6 is 11.8 Å². The van der Waals surface area contributed by atoms with Crippen LogP contribution in [0.4, 0.5) is 5.69 Å². The number of fused-ring (bicyclic) bond motifs is 4. The molecular formula is C38H46N4O9S. The summed E-state index contributed by atoms with van der Waals surface area (Å²) in [5, 5.41) is 6.25. The van der Waals surface area contributed by atoms with Crippen LogP contribution in [-0.2, 0) is 33.8 Å². The van der Waals surface area contributed by atoms with Crippen molar-refractivity contribution in [1.29, 1.82) is 0 Å². The Labute approximate surface area is 307 Å². The van der Waals surface area contributed by atoms with Gasteiger partial charge in [-0.1, -0.05) is 6.07 Å². The smallest absolute Gasteiger partial charge is 0.246 e. The van der Waals surface area contributed by atoms with E-state index in [9.17, 15) is 19.2 Å². The van der Waals surface area contributed by atoms with Gasteiger partial charge in [0.15, 0.2) is 23.0 Å². The van der Waals surface area contributed by atoms with Gasteiger partial charge in [-0.2, -0.15) is 11.8 Å². The molecule has 3 aromatic rings. The summed E-state index contributed by atoms with van der Waals surface area (Å²) in [5.41, 5.74) is 10.2. The third-order valence-corrected chi connectivity index (χ3v) is 10.2. The molecule has 0 fully saturated rings. The number of hydrogen-bond donors (Lipinski definition) is 3. The Morgan fingerprint density at radius 2 is 1.56 bits per heavy atom. The van der Waals surface area contributed by atoms with Gasteiger partial charge in [0, 0.05) is 25.5 Å². The number of carbonyl (C=O) groups excluding carboxylic acids is 3. The second-order valence-electron chi connectivity index (χ2n) is 12.6. The lowest BCUT2D eigenvalue weighted by Crippen LogP contribution is -2.55. The molecule has 0 radical (unpaired) electrons. The van der Waals surface area contributed by atoms with E-state index < -0.39 is 24.0 Å². The largest absolute Gasteiger partial charge is 0.493 e. The fourth-order valence-corrected chi connectivity index (χ4v) is 7.58. The van der Waals surface area contributed by atoms with E-state index in [2.05, 4.69) is 10.6 Å². The minimum atomic E-state index is -0.916. The van der Waals surface area contributed by atoms with Gasteiger partial charge in [-0.25, -0.2) is 0 Å². The number of rotatable bonds is 13. The Kier molecular flexibility index (Phi) is 12.1. The molecule has 3 amide bonds. The van der Waals surface area contributed by atoms with Crippen LogP contribution in [0.15, 0.2) is 41.2 Å². The third kappa shape index (κ3) is 7.57. The highest BCUT2D eigenvalue weighted by molar-refractivity contribution is 7.98. The minimum absolute atomic E-state index is 0.112. The van der Waals surface area contributed by atoms with E-state index in [1.807, 2.05) is 12.3 Å². The maximum Gasteiger partial charge on any atom is 0.246 e. The lowest BCUT2D eigenvalue weighted by atomic mass is 9.92. The summed E-state index contributed by atoms with van der Waals surface area (Å²) in [5.74, 6) is 1.68. The monoisotopic (exact) mass is 734 g/mol. The van der Waals surface area contributed by atoms with Gasteiger partial charge in [-0.05, 0) is 89.4 Å². The molecule has 52 heavy (non-hydrogen) atoms. The zero-order valence-corrected chi connectivity index (χ0v) is 31.4. The summed E-state index contributed by atoms with van der Waals surface area (Å²) >= 11 is 1.56. The van der Waals surface area contributed by atoms with Crippen molar-refractivity contribution in [1.82, 2.24) is 10.2 Å². The van der Waals surface area contributed by atoms with Crippen molar-refractivity contribution in [2.45, 2.75) is 57.3 Å². The Morgan fingerprint density at radius 1 is 0.904 bits per heavy atom. The second kappa shape index (κ2) is 16.5. The van der Waals surface area contributed by atoms with Crippen molar-refractivity contribution >= 4 is 35.2 Å². The predicted octanol–water partition coefficient (Wildman–Crippen LogP) is 3.85.